The molecular formula is C14H12ClFN4O2. The number of aromatic nitrogens is 2. The number of hydrogen-bond acceptors (Lipinski definition) is 4. The quantitative estimate of drug-likeness (QED) is 0.888. The van der Waals surface area contributed by atoms with E-state index in [0.717, 1.165) is 5.56 Å². The minimum absolute atomic E-state index is 0.0361. The molecule has 0 radical (unpaired) electrons. The van der Waals surface area contributed by atoms with Gasteiger partial charge in [0.25, 0.3) is 0 Å². The Morgan fingerprint density at radius 3 is 3.00 bits per heavy atom. The summed E-state index contributed by atoms with van der Waals surface area (Å²) in [6.07, 6.45) is 1.27. The molecule has 0 saturated heterocycles. The summed E-state index contributed by atoms with van der Waals surface area (Å²) < 4.78 is 13.4. The molecular weight excluding hydrogens is 311 g/mol. The Balaban J connectivity index is 1.82. The van der Waals surface area contributed by atoms with Crippen LogP contribution in [0.25, 0.3) is 0 Å². The van der Waals surface area contributed by atoms with Gasteiger partial charge in [-0.05, 0) is 30.2 Å². The van der Waals surface area contributed by atoms with Gasteiger partial charge in [-0.2, -0.15) is 0 Å². The summed E-state index contributed by atoms with van der Waals surface area (Å²) in [5.74, 6) is -0.255. The fraction of sp³-hybridized carbons (Fsp3) is 0.214. The molecule has 2 aromatic rings. The van der Waals surface area contributed by atoms with Crippen molar-refractivity contribution in [3.63, 3.8) is 0 Å². The fourth-order valence-electron chi connectivity index (χ4n) is 2.23. The first-order chi connectivity index (χ1) is 10.5. The van der Waals surface area contributed by atoms with E-state index in [-0.39, 0.29) is 17.5 Å². The predicted molar refractivity (Wildman–Crippen MR) is 78.9 cm³/mol. The molecule has 0 fully saturated rings. The Hall–Kier alpha value is -2.41. The molecule has 2 N–H and O–H groups in total. The van der Waals surface area contributed by atoms with Crippen LogP contribution in [0, 0.1) is 5.82 Å². The highest BCUT2D eigenvalue weighted by molar-refractivity contribution is 6.30. The van der Waals surface area contributed by atoms with Gasteiger partial charge in [-0.25, -0.2) is 19.2 Å². The minimum Gasteiger partial charge on any atom is -0.465 e. The zero-order valence-corrected chi connectivity index (χ0v) is 12.1. The molecule has 1 amide bonds. The zero-order chi connectivity index (χ0) is 15.7. The number of amides is 1. The Morgan fingerprint density at radius 2 is 2.27 bits per heavy atom. The molecule has 0 aliphatic carbocycles. The second-order valence-electron chi connectivity index (χ2n) is 4.87. The van der Waals surface area contributed by atoms with E-state index in [4.69, 9.17) is 16.7 Å². The van der Waals surface area contributed by atoms with E-state index in [1.807, 2.05) is 0 Å². The van der Waals surface area contributed by atoms with Gasteiger partial charge in [-0.1, -0.05) is 11.6 Å². The van der Waals surface area contributed by atoms with Crippen molar-refractivity contribution < 1.29 is 14.3 Å². The highest BCUT2D eigenvalue weighted by Crippen LogP contribution is 2.22. The SMILES string of the molecule is O=C(O)N1CCc2cnc(Nc3ccc(Cl)c(F)c3)nc2C1. The molecule has 0 bridgehead atoms. The summed E-state index contributed by atoms with van der Waals surface area (Å²) in [7, 11) is 0. The largest absolute Gasteiger partial charge is 0.465 e. The first kappa shape index (κ1) is 14.5. The molecule has 114 valence electrons. The number of nitrogens with zero attached hydrogens (tertiary/aromatic N) is 3. The van der Waals surface area contributed by atoms with Crippen molar-refractivity contribution in [2.75, 3.05) is 11.9 Å². The van der Waals surface area contributed by atoms with Gasteiger partial charge in [0, 0.05) is 18.4 Å². The molecule has 1 aromatic carbocycles. The number of hydrogen-bond donors (Lipinski definition) is 2. The number of benzene rings is 1. The topological polar surface area (TPSA) is 78.3 Å². The van der Waals surface area contributed by atoms with Crippen LogP contribution in [-0.4, -0.2) is 32.6 Å². The van der Waals surface area contributed by atoms with Crippen LogP contribution >= 0.6 is 11.6 Å². The summed E-state index contributed by atoms with van der Waals surface area (Å²) >= 11 is 5.63. The molecule has 1 aliphatic heterocycles. The Kier molecular flexibility index (Phi) is 3.81. The second kappa shape index (κ2) is 5.76. The van der Waals surface area contributed by atoms with Gasteiger partial charge in [-0.15, -0.1) is 0 Å². The molecule has 0 spiro atoms. The molecule has 2 heterocycles. The van der Waals surface area contributed by atoms with Crippen LogP contribution in [0.4, 0.5) is 20.8 Å². The van der Waals surface area contributed by atoms with Crippen molar-refractivity contribution in [3.05, 3.63) is 46.5 Å². The summed E-state index contributed by atoms with van der Waals surface area (Å²) in [4.78, 5) is 20.8. The number of fused-ring (bicyclic) bond motifs is 1. The molecule has 0 saturated carbocycles. The van der Waals surface area contributed by atoms with Crippen LogP contribution in [0.3, 0.4) is 0 Å². The first-order valence-corrected chi connectivity index (χ1v) is 6.95. The summed E-state index contributed by atoms with van der Waals surface area (Å²) in [6, 6.07) is 4.29. The van der Waals surface area contributed by atoms with E-state index in [1.165, 1.54) is 17.0 Å². The van der Waals surface area contributed by atoms with Gasteiger partial charge in [-0.3, -0.25) is 0 Å². The van der Waals surface area contributed by atoms with E-state index in [0.29, 0.717) is 24.3 Å². The van der Waals surface area contributed by atoms with Gasteiger partial charge in [0.05, 0.1) is 17.3 Å². The molecule has 1 aromatic heterocycles. The lowest BCUT2D eigenvalue weighted by Crippen LogP contribution is -2.35. The lowest BCUT2D eigenvalue weighted by molar-refractivity contribution is 0.139. The number of carboxylic acid groups (broad SMARTS) is 1. The second-order valence-corrected chi connectivity index (χ2v) is 5.28. The predicted octanol–water partition coefficient (Wildman–Crippen LogP) is 3.05. The number of nitrogens with one attached hydrogen (secondary N) is 1. The van der Waals surface area contributed by atoms with Crippen molar-refractivity contribution >= 4 is 29.3 Å². The van der Waals surface area contributed by atoms with Crippen LogP contribution in [0.15, 0.2) is 24.4 Å². The third-order valence-corrected chi connectivity index (χ3v) is 3.70. The average molecular weight is 323 g/mol. The van der Waals surface area contributed by atoms with Crippen molar-refractivity contribution in [2.45, 2.75) is 13.0 Å². The molecule has 6 nitrogen and oxygen atoms in total. The minimum atomic E-state index is -0.974. The van der Waals surface area contributed by atoms with Crippen molar-refractivity contribution in [1.29, 1.82) is 0 Å². The van der Waals surface area contributed by atoms with Crippen molar-refractivity contribution in [2.24, 2.45) is 0 Å². The summed E-state index contributed by atoms with van der Waals surface area (Å²) in [6.45, 7) is 0.651. The number of carbonyl (C=O) groups is 1. The van der Waals surface area contributed by atoms with E-state index in [9.17, 15) is 9.18 Å². The van der Waals surface area contributed by atoms with Crippen LogP contribution in [-0.2, 0) is 13.0 Å². The van der Waals surface area contributed by atoms with Gasteiger partial charge >= 0.3 is 6.09 Å². The maximum atomic E-state index is 13.4. The van der Waals surface area contributed by atoms with Crippen molar-refractivity contribution in [1.82, 2.24) is 14.9 Å². The van der Waals surface area contributed by atoms with Crippen LogP contribution < -0.4 is 5.32 Å². The Bertz CT molecular complexity index is 741. The van der Waals surface area contributed by atoms with E-state index in [1.54, 1.807) is 12.3 Å². The highest BCUT2D eigenvalue weighted by atomic mass is 35.5. The van der Waals surface area contributed by atoms with Crippen LogP contribution in [0.1, 0.15) is 11.3 Å². The molecule has 8 heteroatoms. The van der Waals surface area contributed by atoms with Gasteiger partial charge < -0.3 is 15.3 Å². The standard InChI is InChI=1S/C14H12ClFN4O2/c15-10-2-1-9(5-11(10)16)18-13-17-6-8-3-4-20(14(21)22)7-12(8)19-13/h1-2,5-6H,3-4,7H2,(H,21,22)(H,17,18,19). The maximum Gasteiger partial charge on any atom is 0.407 e. The molecule has 1 aliphatic rings. The molecule has 3 rings (SSSR count). The molecule has 22 heavy (non-hydrogen) atoms. The highest BCUT2D eigenvalue weighted by Gasteiger charge is 2.21. The van der Waals surface area contributed by atoms with Gasteiger partial charge in [0.2, 0.25) is 5.95 Å². The van der Waals surface area contributed by atoms with Crippen LogP contribution in [0.5, 0.6) is 0 Å². The molecule has 0 atom stereocenters. The normalized spacial score (nSPS) is 13.6. The van der Waals surface area contributed by atoms with E-state index in [2.05, 4.69) is 15.3 Å². The monoisotopic (exact) mass is 322 g/mol. The lowest BCUT2D eigenvalue weighted by Gasteiger charge is -2.25. The number of halogens is 2. The Labute approximate surface area is 130 Å². The van der Waals surface area contributed by atoms with E-state index >= 15 is 0 Å². The smallest absolute Gasteiger partial charge is 0.407 e. The van der Waals surface area contributed by atoms with E-state index < -0.39 is 11.9 Å². The summed E-state index contributed by atoms with van der Waals surface area (Å²) in [5, 5.41) is 12.0. The van der Waals surface area contributed by atoms with Gasteiger partial charge in [0.1, 0.15) is 5.82 Å². The number of anilines is 2. The third kappa shape index (κ3) is 2.94. The third-order valence-electron chi connectivity index (χ3n) is 3.39. The van der Waals surface area contributed by atoms with Crippen molar-refractivity contribution in [3.8, 4) is 0 Å². The van der Waals surface area contributed by atoms with Gasteiger partial charge in [0.15, 0.2) is 0 Å². The summed E-state index contributed by atoms with van der Waals surface area (Å²) in [5.41, 5.74) is 2.04. The Morgan fingerprint density at radius 1 is 1.45 bits per heavy atom. The van der Waals surface area contributed by atoms with Crippen LogP contribution in [0.2, 0.25) is 5.02 Å². The first-order valence-electron chi connectivity index (χ1n) is 6.57. The lowest BCUT2D eigenvalue weighted by atomic mass is 10.1. The average Bonchev–Trinajstić information content (AvgIpc) is 2.50. The molecule has 0 unspecified atom stereocenters. The maximum absolute atomic E-state index is 13.4. The fourth-order valence-corrected chi connectivity index (χ4v) is 2.35. The number of rotatable bonds is 2. The zero-order valence-electron chi connectivity index (χ0n) is 11.4.